The number of carbonyl (C=O) groups is 1. The summed E-state index contributed by atoms with van der Waals surface area (Å²) in [7, 11) is 0. The Morgan fingerprint density at radius 1 is 1.33 bits per heavy atom. The third-order valence-corrected chi connectivity index (χ3v) is 5.12. The number of fused-ring (bicyclic) bond motifs is 1. The molecule has 1 fully saturated rings. The van der Waals surface area contributed by atoms with Crippen molar-refractivity contribution in [3.8, 4) is 0 Å². The number of rotatable bonds is 5. The van der Waals surface area contributed by atoms with Gasteiger partial charge in [0.25, 0.3) is 5.91 Å². The first-order valence-electron chi connectivity index (χ1n) is 9.28. The van der Waals surface area contributed by atoms with Crippen LogP contribution in [0.4, 0.5) is 4.39 Å². The number of nitrogens with zero attached hydrogens (tertiary/aromatic N) is 3. The SMILES string of the molecule is Cc1ccn2cc(C(=O)NCC3CCN(Cc4ccccc4F)C3)nc2c1. The molecule has 0 radical (unpaired) electrons. The number of benzene rings is 1. The summed E-state index contributed by atoms with van der Waals surface area (Å²) in [6.07, 6.45) is 4.66. The molecule has 1 aromatic carbocycles. The molecule has 0 aliphatic carbocycles. The fourth-order valence-corrected chi connectivity index (χ4v) is 3.61. The number of amides is 1. The zero-order valence-electron chi connectivity index (χ0n) is 15.4. The van der Waals surface area contributed by atoms with E-state index in [9.17, 15) is 9.18 Å². The van der Waals surface area contributed by atoms with E-state index in [0.29, 0.717) is 24.7 Å². The first-order chi connectivity index (χ1) is 13.1. The van der Waals surface area contributed by atoms with Gasteiger partial charge in [-0.05, 0) is 49.6 Å². The summed E-state index contributed by atoms with van der Waals surface area (Å²) < 4.78 is 15.7. The Balaban J connectivity index is 1.31. The van der Waals surface area contributed by atoms with Gasteiger partial charge in [0.15, 0.2) is 0 Å². The van der Waals surface area contributed by atoms with E-state index >= 15 is 0 Å². The summed E-state index contributed by atoms with van der Waals surface area (Å²) >= 11 is 0. The van der Waals surface area contributed by atoms with Crippen molar-refractivity contribution in [3.63, 3.8) is 0 Å². The molecule has 1 aliphatic heterocycles. The molecule has 1 aliphatic rings. The number of hydrogen-bond donors (Lipinski definition) is 1. The fourth-order valence-electron chi connectivity index (χ4n) is 3.61. The summed E-state index contributed by atoms with van der Waals surface area (Å²) in [4.78, 5) is 19.1. The monoisotopic (exact) mass is 366 g/mol. The van der Waals surface area contributed by atoms with Crippen molar-refractivity contribution in [2.45, 2.75) is 19.9 Å². The van der Waals surface area contributed by atoms with Crippen LogP contribution in [0.2, 0.25) is 0 Å². The smallest absolute Gasteiger partial charge is 0.271 e. The van der Waals surface area contributed by atoms with Crippen molar-refractivity contribution in [3.05, 3.63) is 71.4 Å². The summed E-state index contributed by atoms with van der Waals surface area (Å²) in [6.45, 7) is 5.01. The van der Waals surface area contributed by atoms with Crippen LogP contribution in [-0.4, -0.2) is 39.8 Å². The highest BCUT2D eigenvalue weighted by molar-refractivity contribution is 5.92. The Morgan fingerprint density at radius 2 is 2.19 bits per heavy atom. The molecule has 1 saturated heterocycles. The van der Waals surface area contributed by atoms with E-state index in [4.69, 9.17) is 0 Å². The van der Waals surface area contributed by atoms with Crippen molar-refractivity contribution in [1.82, 2.24) is 19.6 Å². The average molecular weight is 366 g/mol. The molecule has 6 heteroatoms. The number of aryl methyl sites for hydroxylation is 1. The van der Waals surface area contributed by atoms with Gasteiger partial charge in [0.2, 0.25) is 0 Å². The minimum absolute atomic E-state index is 0.149. The Hall–Kier alpha value is -2.73. The maximum absolute atomic E-state index is 13.8. The number of aromatic nitrogens is 2. The third-order valence-electron chi connectivity index (χ3n) is 5.12. The average Bonchev–Trinajstić information content (AvgIpc) is 3.28. The van der Waals surface area contributed by atoms with Gasteiger partial charge in [-0.25, -0.2) is 9.37 Å². The highest BCUT2D eigenvalue weighted by atomic mass is 19.1. The number of imidazole rings is 1. The molecule has 3 aromatic rings. The first kappa shape index (κ1) is 17.7. The maximum Gasteiger partial charge on any atom is 0.271 e. The second-order valence-corrected chi connectivity index (χ2v) is 7.29. The molecule has 140 valence electrons. The van der Waals surface area contributed by atoms with E-state index in [2.05, 4.69) is 15.2 Å². The number of nitrogens with one attached hydrogen (secondary N) is 1. The lowest BCUT2D eigenvalue weighted by Crippen LogP contribution is -2.31. The highest BCUT2D eigenvalue weighted by Crippen LogP contribution is 2.19. The first-order valence-corrected chi connectivity index (χ1v) is 9.28. The molecule has 1 unspecified atom stereocenters. The van der Waals surface area contributed by atoms with Gasteiger partial charge in [-0.3, -0.25) is 9.69 Å². The van der Waals surface area contributed by atoms with Crippen LogP contribution in [-0.2, 0) is 6.54 Å². The summed E-state index contributed by atoms with van der Waals surface area (Å²) in [6, 6.07) is 10.8. The van der Waals surface area contributed by atoms with Crippen molar-refractivity contribution in [1.29, 1.82) is 0 Å². The molecular weight excluding hydrogens is 343 g/mol. The number of hydrogen-bond acceptors (Lipinski definition) is 3. The predicted octanol–water partition coefficient (Wildman–Crippen LogP) is 3.03. The number of carbonyl (C=O) groups excluding carboxylic acids is 1. The minimum atomic E-state index is -0.156. The molecule has 0 saturated carbocycles. The minimum Gasteiger partial charge on any atom is -0.350 e. The maximum atomic E-state index is 13.8. The molecule has 3 heterocycles. The van der Waals surface area contributed by atoms with Gasteiger partial charge in [-0.2, -0.15) is 0 Å². The van der Waals surface area contributed by atoms with E-state index in [0.717, 1.165) is 36.3 Å². The van der Waals surface area contributed by atoms with E-state index in [1.807, 2.05) is 41.8 Å². The molecule has 1 atom stereocenters. The largest absolute Gasteiger partial charge is 0.350 e. The number of pyridine rings is 1. The normalized spacial score (nSPS) is 17.5. The summed E-state index contributed by atoms with van der Waals surface area (Å²) in [5.74, 6) is 0.0697. The van der Waals surface area contributed by atoms with E-state index in [-0.39, 0.29) is 11.7 Å². The zero-order chi connectivity index (χ0) is 18.8. The van der Waals surface area contributed by atoms with Crippen molar-refractivity contribution >= 4 is 11.6 Å². The number of likely N-dealkylation sites (tertiary alicyclic amines) is 1. The fraction of sp³-hybridized carbons (Fsp3) is 0.333. The second-order valence-electron chi connectivity index (χ2n) is 7.29. The van der Waals surface area contributed by atoms with Crippen LogP contribution in [0, 0.1) is 18.7 Å². The Morgan fingerprint density at radius 3 is 3.04 bits per heavy atom. The third kappa shape index (κ3) is 4.01. The van der Waals surface area contributed by atoms with Crippen LogP contribution in [0.25, 0.3) is 5.65 Å². The molecule has 5 nitrogen and oxygen atoms in total. The number of halogens is 1. The van der Waals surface area contributed by atoms with Crippen molar-refractivity contribution in [2.75, 3.05) is 19.6 Å². The lowest BCUT2D eigenvalue weighted by atomic mass is 10.1. The molecule has 4 rings (SSSR count). The van der Waals surface area contributed by atoms with Crippen LogP contribution in [0.5, 0.6) is 0 Å². The van der Waals surface area contributed by atoms with Crippen molar-refractivity contribution < 1.29 is 9.18 Å². The predicted molar refractivity (Wildman–Crippen MR) is 102 cm³/mol. The second kappa shape index (κ2) is 7.48. The quantitative estimate of drug-likeness (QED) is 0.755. The van der Waals surface area contributed by atoms with Gasteiger partial charge in [-0.1, -0.05) is 18.2 Å². The highest BCUT2D eigenvalue weighted by Gasteiger charge is 2.24. The topological polar surface area (TPSA) is 49.6 Å². The Kier molecular flexibility index (Phi) is 4.90. The van der Waals surface area contributed by atoms with Crippen LogP contribution in [0.1, 0.15) is 28.0 Å². The lowest BCUT2D eigenvalue weighted by molar-refractivity contribution is 0.0943. The van der Waals surface area contributed by atoms with E-state index < -0.39 is 0 Å². The van der Waals surface area contributed by atoms with Gasteiger partial charge in [-0.15, -0.1) is 0 Å². The lowest BCUT2D eigenvalue weighted by Gasteiger charge is -2.16. The standard InChI is InChI=1S/C21H23FN4O/c1-15-6-9-26-14-19(24-20(26)10-15)21(27)23-11-16-7-8-25(12-16)13-17-4-2-3-5-18(17)22/h2-6,9-10,14,16H,7-8,11-13H2,1H3,(H,23,27). The molecule has 0 bridgehead atoms. The van der Waals surface area contributed by atoms with Gasteiger partial charge in [0, 0.05) is 37.6 Å². The van der Waals surface area contributed by atoms with Gasteiger partial charge >= 0.3 is 0 Å². The van der Waals surface area contributed by atoms with Crippen LogP contribution in [0.15, 0.2) is 48.8 Å². The van der Waals surface area contributed by atoms with E-state index in [1.165, 1.54) is 6.07 Å². The van der Waals surface area contributed by atoms with Gasteiger partial charge < -0.3 is 9.72 Å². The van der Waals surface area contributed by atoms with E-state index in [1.54, 1.807) is 12.3 Å². The van der Waals surface area contributed by atoms with Crippen molar-refractivity contribution in [2.24, 2.45) is 5.92 Å². The molecule has 27 heavy (non-hydrogen) atoms. The van der Waals surface area contributed by atoms with Gasteiger partial charge in [0.1, 0.15) is 17.2 Å². The summed E-state index contributed by atoms with van der Waals surface area (Å²) in [5, 5.41) is 3.00. The van der Waals surface area contributed by atoms with Crippen LogP contribution < -0.4 is 5.32 Å². The molecule has 0 spiro atoms. The molecule has 1 amide bonds. The molecule has 2 aromatic heterocycles. The Labute approximate surface area is 157 Å². The van der Waals surface area contributed by atoms with Gasteiger partial charge in [0.05, 0.1) is 0 Å². The van der Waals surface area contributed by atoms with Crippen LogP contribution in [0.3, 0.4) is 0 Å². The van der Waals surface area contributed by atoms with Crippen LogP contribution >= 0.6 is 0 Å². The molecule has 1 N–H and O–H groups in total. The molecular formula is C21H23FN4O. The Bertz CT molecular complexity index is 968. The summed E-state index contributed by atoms with van der Waals surface area (Å²) in [5.41, 5.74) is 3.04. The zero-order valence-corrected chi connectivity index (χ0v) is 15.4.